The number of rotatable bonds is 3. The summed E-state index contributed by atoms with van der Waals surface area (Å²) in [5.74, 6) is 0.849. The first-order valence-electron chi connectivity index (χ1n) is 8.87. The van der Waals surface area contributed by atoms with Gasteiger partial charge in [-0.1, -0.05) is 19.8 Å². The molecule has 5 unspecified atom stereocenters. The molecule has 0 aromatic rings. The molecule has 20 heavy (non-hydrogen) atoms. The number of piperazine rings is 1. The molecule has 0 aromatic carbocycles. The molecule has 5 atom stereocenters. The molecule has 3 aliphatic rings. The molecule has 1 N–H and O–H groups in total. The van der Waals surface area contributed by atoms with Crippen LogP contribution in [0.5, 0.6) is 0 Å². The second-order valence-corrected chi connectivity index (χ2v) is 7.44. The van der Waals surface area contributed by atoms with Crippen molar-refractivity contribution in [2.45, 2.75) is 83.0 Å². The van der Waals surface area contributed by atoms with E-state index in [4.69, 9.17) is 0 Å². The van der Waals surface area contributed by atoms with Crippen LogP contribution < -0.4 is 0 Å². The maximum atomic E-state index is 10.5. The largest absolute Gasteiger partial charge is 0.391 e. The Bertz CT molecular complexity index is 322. The van der Waals surface area contributed by atoms with Gasteiger partial charge in [0.05, 0.1) is 6.10 Å². The van der Waals surface area contributed by atoms with Gasteiger partial charge in [0.2, 0.25) is 0 Å². The van der Waals surface area contributed by atoms with Crippen molar-refractivity contribution in [2.75, 3.05) is 19.6 Å². The van der Waals surface area contributed by atoms with Crippen LogP contribution in [0, 0.1) is 5.92 Å². The van der Waals surface area contributed by atoms with Crippen LogP contribution in [-0.2, 0) is 0 Å². The topological polar surface area (TPSA) is 26.7 Å². The fourth-order valence-electron chi connectivity index (χ4n) is 4.91. The number of aliphatic hydroxyl groups excluding tert-OH is 1. The SMILES string of the molecule is CCCC1CCC(O)C(N2CC3CCCN3CC2C)C1. The lowest BCUT2D eigenvalue weighted by Gasteiger charge is -2.49. The Labute approximate surface area is 124 Å². The predicted molar refractivity (Wildman–Crippen MR) is 82.8 cm³/mol. The van der Waals surface area contributed by atoms with E-state index in [2.05, 4.69) is 23.6 Å². The molecule has 3 nitrogen and oxygen atoms in total. The van der Waals surface area contributed by atoms with E-state index in [-0.39, 0.29) is 6.10 Å². The maximum absolute atomic E-state index is 10.5. The molecule has 116 valence electrons. The zero-order chi connectivity index (χ0) is 14.1. The Morgan fingerprint density at radius 1 is 1.15 bits per heavy atom. The van der Waals surface area contributed by atoms with Gasteiger partial charge in [0.25, 0.3) is 0 Å². The molecule has 3 fully saturated rings. The maximum Gasteiger partial charge on any atom is 0.0695 e. The number of nitrogens with zero attached hydrogens (tertiary/aromatic N) is 2. The molecule has 2 saturated heterocycles. The lowest BCUT2D eigenvalue weighted by atomic mass is 9.80. The van der Waals surface area contributed by atoms with Crippen molar-refractivity contribution in [1.29, 1.82) is 0 Å². The van der Waals surface area contributed by atoms with Crippen LogP contribution >= 0.6 is 0 Å². The van der Waals surface area contributed by atoms with E-state index in [0.717, 1.165) is 18.4 Å². The first-order chi connectivity index (χ1) is 9.69. The summed E-state index contributed by atoms with van der Waals surface area (Å²) in [6.07, 6.45) is 8.78. The fraction of sp³-hybridized carbons (Fsp3) is 1.00. The Morgan fingerprint density at radius 3 is 2.80 bits per heavy atom. The molecule has 2 aliphatic heterocycles. The van der Waals surface area contributed by atoms with Gasteiger partial charge >= 0.3 is 0 Å². The van der Waals surface area contributed by atoms with Crippen LogP contribution in [0.1, 0.15) is 58.8 Å². The van der Waals surface area contributed by atoms with Gasteiger partial charge in [0.15, 0.2) is 0 Å². The van der Waals surface area contributed by atoms with Gasteiger partial charge in [-0.05, 0) is 51.5 Å². The molecule has 3 heteroatoms. The molecule has 1 aliphatic carbocycles. The average Bonchev–Trinajstić information content (AvgIpc) is 2.87. The highest BCUT2D eigenvalue weighted by Crippen LogP contribution is 2.34. The minimum absolute atomic E-state index is 0.0847. The lowest BCUT2D eigenvalue weighted by molar-refractivity contribution is -0.0503. The molecule has 2 heterocycles. The van der Waals surface area contributed by atoms with Gasteiger partial charge in [0.1, 0.15) is 0 Å². The number of hydrogen-bond acceptors (Lipinski definition) is 3. The number of hydrogen-bond donors (Lipinski definition) is 1. The summed E-state index contributed by atoms with van der Waals surface area (Å²) >= 11 is 0. The first-order valence-corrected chi connectivity index (χ1v) is 8.87. The quantitative estimate of drug-likeness (QED) is 0.860. The molecule has 0 bridgehead atoms. The smallest absolute Gasteiger partial charge is 0.0695 e. The number of fused-ring (bicyclic) bond motifs is 1. The first kappa shape index (κ1) is 14.8. The number of aliphatic hydroxyl groups is 1. The highest BCUT2D eigenvalue weighted by molar-refractivity contribution is 4.96. The Hall–Kier alpha value is -0.120. The zero-order valence-electron chi connectivity index (χ0n) is 13.3. The van der Waals surface area contributed by atoms with Gasteiger partial charge in [-0.15, -0.1) is 0 Å². The fourth-order valence-corrected chi connectivity index (χ4v) is 4.91. The van der Waals surface area contributed by atoms with E-state index >= 15 is 0 Å². The molecule has 0 spiro atoms. The average molecular weight is 280 g/mol. The summed E-state index contributed by atoms with van der Waals surface area (Å²) in [6, 6.07) is 1.81. The summed E-state index contributed by atoms with van der Waals surface area (Å²) < 4.78 is 0. The third kappa shape index (κ3) is 2.90. The lowest BCUT2D eigenvalue weighted by Crippen LogP contribution is -2.61. The van der Waals surface area contributed by atoms with Gasteiger partial charge in [-0.3, -0.25) is 9.80 Å². The van der Waals surface area contributed by atoms with Gasteiger partial charge in [0, 0.05) is 31.2 Å². The normalized spacial score (nSPS) is 43.6. The monoisotopic (exact) mass is 280 g/mol. The summed E-state index contributed by atoms with van der Waals surface area (Å²) in [4.78, 5) is 5.35. The second kappa shape index (κ2) is 6.33. The van der Waals surface area contributed by atoms with E-state index in [9.17, 15) is 5.11 Å². The van der Waals surface area contributed by atoms with Crippen molar-refractivity contribution >= 4 is 0 Å². The van der Waals surface area contributed by atoms with Crippen LogP contribution in [0.25, 0.3) is 0 Å². The Balaban J connectivity index is 1.66. The highest BCUT2D eigenvalue weighted by atomic mass is 16.3. The van der Waals surface area contributed by atoms with Crippen LogP contribution in [-0.4, -0.2) is 58.8 Å². The third-order valence-electron chi connectivity index (χ3n) is 6.00. The third-order valence-corrected chi connectivity index (χ3v) is 6.00. The predicted octanol–water partition coefficient (Wildman–Crippen LogP) is 2.48. The van der Waals surface area contributed by atoms with Crippen molar-refractivity contribution in [2.24, 2.45) is 5.92 Å². The van der Waals surface area contributed by atoms with E-state index in [1.165, 1.54) is 58.2 Å². The van der Waals surface area contributed by atoms with Crippen molar-refractivity contribution in [3.05, 3.63) is 0 Å². The standard InChI is InChI=1S/C17H32N2O/c1-3-5-14-7-8-17(20)16(10-14)19-12-15-6-4-9-18(15)11-13(19)2/h13-17,20H,3-12H2,1-2H3. The molecular formula is C17H32N2O. The van der Waals surface area contributed by atoms with Crippen molar-refractivity contribution in [3.63, 3.8) is 0 Å². The van der Waals surface area contributed by atoms with Crippen molar-refractivity contribution in [3.8, 4) is 0 Å². The summed E-state index contributed by atoms with van der Waals surface area (Å²) in [7, 11) is 0. The molecule has 3 rings (SSSR count). The second-order valence-electron chi connectivity index (χ2n) is 7.44. The van der Waals surface area contributed by atoms with Crippen molar-refractivity contribution in [1.82, 2.24) is 9.80 Å². The van der Waals surface area contributed by atoms with E-state index in [1.807, 2.05) is 0 Å². The van der Waals surface area contributed by atoms with Crippen LogP contribution in [0.3, 0.4) is 0 Å². The van der Waals surface area contributed by atoms with E-state index < -0.39 is 0 Å². The summed E-state index contributed by atoms with van der Waals surface area (Å²) in [5, 5.41) is 10.5. The summed E-state index contributed by atoms with van der Waals surface area (Å²) in [6.45, 7) is 8.37. The highest BCUT2D eigenvalue weighted by Gasteiger charge is 2.41. The summed E-state index contributed by atoms with van der Waals surface area (Å²) in [5.41, 5.74) is 0. The van der Waals surface area contributed by atoms with Crippen LogP contribution in [0.15, 0.2) is 0 Å². The molecule has 1 saturated carbocycles. The van der Waals surface area contributed by atoms with E-state index in [1.54, 1.807) is 0 Å². The molecule has 0 radical (unpaired) electrons. The van der Waals surface area contributed by atoms with E-state index in [0.29, 0.717) is 12.1 Å². The zero-order valence-corrected chi connectivity index (χ0v) is 13.3. The Kier molecular flexibility index (Phi) is 4.68. The minimum atomic E-state index is -0.0847. The Morgan fingerprint density at radius 2 is 2.00 bits per heavy atom. The van der Waals surface area contributed by atoms with Gasteiger partial charge in [-0.25, -0.2) is 0 Å². The molecule has 0 amide bonds. The molecule has 0 aromatic heterocycles. The van der Waals surface area contributed by atoms with Gasteiger partial charge < -0.3 is 5.11 Å². The van der Waals surface area contributed by atoms with Crippen LogP contribution in [0.4, 0.5) is 0 Å². The van der Waals surface area contributed by atoms with Gasteiger partial charge in [-0.2, -0.15) is 0 Å². The van der Waals surface area contributed by atoms with Crippen molar-refractivity contribution < 1.29 is 5.11 Å². The molecular weight excluding hydrogens is 248 g/mol. The van der Waals surface area contributed by atoms with Crippen LogP contribution in [0.2, 0.25) is 0 Å². The minimum Gasteiger partial charge on any atom is -0.391 e.